The Labute approximate surface area is 150 Å². The Morgan fingerprint density at radius 1 is 1.20 bits per heavy atom. The van der Waals surface area contributed by atoms with Crippen molar-refractivity contribution in [1.82, 2.24) is 14.7 Å². The van der Waals surface area contributed by atoms with Gasteiger partial charge >= 0.3 is 0 Å². The standard InChI is InChI=1S/C20H31N3O2/c1-20(10-5-3-6-11-20)19(24)23-12-7-4-8-17(23)18-15-14-25-13-9-16(15)22(2)21-18/h17H,3-14H2,1-2H3. The van der Waals surface area contributed by atoms with E-state index in [1.807, 2.05) is 11.7 Å². The molecule has 4 rings (SSSR count). The molecule has 1 aliphatic carbocycles. The monoisotopic (exact) mass is 345 g/mol. The number of piperidine rings is 1. The Kier molecular flexibility index (Phi) is 4.61. The molecule has 0 aromatic carbocycles. The van der Waals surface area contributed by atoms with Gasteiger partial charge < -0.3 is 9.64 Å². The van der Waals surface area contributed by atoms with Crippen molar-refractivity contribution in [3.05, 3.63) is 17.0 Å². The highest BCUT2D eigenvalue weighted by Gasteiger charge is 2.42. The van der Waals surface area contributed by atoms with Crippen molar-refractivity contribution in [1.29, 1.82) is 0 Å². The summed E-state index contributed by atoms with van der Waals surface area (Å²) in [4.78, 5) is 15.7. The average molecular weight is 345 g/mol. The van der Waals surface area contributed by atoms with Crippen LogP contribution in [0.15, 0.2) is 0 Å². The van der Waals surface area contributed by atoms with E-state index in [1.54, 1.807) is 0 Å². The molecule has 138 valence electrons. The Balaban J connectivity index is 1.65. The molecule has 5 heteroatoms. The maximum absolute atomic E-state index is 13.5. The largest absolute Gasteiger partial charge is 0.376 e. The number of rotatable bonds is 2. The molecule has 1 aromatic heterocycles. The van der Waals surface area contributed by atoms with Crippen LogP contribution in [0.2, 0.25) is 0 Å². The van der Waals surface area contributed by atoms with E-state index in [0.29, 0.717) is 12.5 Å². The summed E-state index contributed by atoms with van der Waals surface area (Å²) >= 11 is 0. The van der Waals surface area contributed by atoms with E-state index in [1.165, 1.54) is 36.9 Å². The van der Waals surface area contributed by atoms with Crippen LogP contribution in [0.5, 0.6) is 0 Å². The van der Waals surface area contributed by atoms with Crippen LogP contribution in [0.1, 0.15) is 81.3 Å². The Bertz CT molecular complexity index is 646. The minimum Gasteiger partial charge on any atom is -0.376 e. The van der Waals surface area contributed by atoms with E-state index in [-0.39, 0.29) is 11.5 Å². The van der Waals surface area contributed by atoms with E-state index in [2.05, 4.69) is 11.8 Å². The smallest absolute Gasteiger partial charge is 0.229 e. The molecule has 1 unspecified atom stereocenters. The number of carbonyl (C=O) groups is 1. The van der Waals surface area contributed by atoms with Crippen molar-refractivity contribution < 1.29 is 9.53 Å². The lowest BCUT2D eigenvalue weighted by Gasteiger charge is -2.42. The Morgan fingerprint density at radius 2 is 2.00 bits per heavy atom. The number of aromatic nitrogens is 2. The summed E-state index contributed by atoms with van der Waals surface area (Å²) in [5.74, 6) is 0.369. The SMILES string of the molecule is Cn1nc(C2CCCCN2C(=O)C2(C)CCCCC2)c2c1CCOC2. The summed E-state index contributed by atoms with van der Waals surface area (Å²) in [7, 11) is 2.03. The summed E-state index contributed by atoms with van der Waals surface area (Å²) in [5.41, 5.74) is 3.47. The lowest BCUT2D eigenvalue weighted by Crippen LogP contribution is -2.47. The summed E-state index contributed by atoms with van der Waals surface area (Å²) in [6, 6.07) is 0.136. The molecule has 1 saturated heterocycles. The van der Waals surface area contributed by atoms with Gasteiger partial charge in [-0.15, -0.1) is 0 Å². The molecule has 2 fully saturated rings. The van der Waals surface area contributed by atoms with Gasteiger partial charge in [0.05, 0.1) is 24.9 Å². The highest BCUT2D eigenvalue weighted by atomic mass is 16.5. The number of hydrogen-bond acceptors (Lipinski definition) is 3. The summed E-state index contributed by atoms with van der Waals surface area (Å²) in [6.07, 6.45) is 9.99. The van der Waals surface area contributed by atoms with Gasteiger partial charge in [-0.25, -0.2) is 0 Å². The Morgan fingerprint density at radius 3 is 2.80 bits per heavy atom. The molecule has 2 aliphatic heterocycles. The Hall–Kier alpha value is -1.36. The van der Waals surface area contributed by atoms with Crippen LogP contribution in [-0.2, 0) is 29.6 Å². The van der Waals surface area contributed by atoms with Gasteiger partial charge in [-0.1, -0.05) is 26.2 Å². The maximum Gasteiger partial charge on any atom is 0.229 e. The second-order valence-corrected chi connectivity index (χ2v) is 8.37. The van der Waals surface area contributed by atoms with Crippen molar-refractivity contribution in [2.75, 3.05) is 13.2 Å². The fourth-order valence-corrected chi connectivity index (χ4v) is 5.06. The van der Waals surface area contributed by atoms with E-state index in [4.69, 9.17) is 9.84 Å². The van der Waals surface area contributed by atoms with Gasteiger partial charge in [-0.2, -0.15) is 5.10 Å². The van der Waals surface area contributed by atoms with Crippen molar-refractivity contribution in [3.63, 3.8) is 0 Å². The molecule has 5 nitrogen and oxygen atoms in total. The third kappa shape index (κ3) is 3.01. The molecule has 0 spiro atoms. The normalized spacial score (nSPS) is 26.3. The van der Waals surface area contributed by atoms with Crippen molar-refractivity contribution in [2.24, 2.45) is 12.5 Å². The number of fused-ring (bicyclic) bond motifs is 1. The molecule has 25 heavy (non-hydrogen) atoms. The molecule has 0 radical (unpaired) electrons. The number of nitrogens with zero attached hydrogens (tertiary/aromatic N) is 3. The van der Waals surface area contributed by atoms with Crippen LogP contribution < -0.4 is 0 Å². The number of aryl methyl sites for hydroxylation is 1. The molecule has 1 saturated carbocycles. The first-order valence-electron chi connectivity index (χ1n) is 10.0. The fourth-order valence-electron chi connectivity index (χ4n) is 5.06. The van der Waals surface area contributed by atoms with Crippen LogP contribution in [0.4, 0.5) is 0 Å². The molecule has 3 heterocycles. The molecular formula is C20H31N3O2. The van der Waals surface area contributed by atoms with Gasteiger partial charge in [-0.05, 0) is 32.1 Å². The molecule has 1 aromatic rings. The third-order valence-electron chi connectivity index (χ3n) is 6.59. The summed E-state index contributed by atoms with van der Waals surface area (Å²) < 4.78 is 7.74. The van der Waals surface area contributed by atoms with Crippen LogP contribution in [-0.4, -0.2) is 33.7 Å². The lowest BCUT2D eigenvalue weighted by molar-refractivity contribution is -0.147. The fraction of sp³-hybridized carbons (Fsp3) is 0.800. The second kappa shape index (κ2) is 6.75. The van der Waals surface area contributed by atoms with E-state index < -0.39 is 0 Å². The molecule has 3 aliphatic rings. The zero-order chi connectivity index (χ0) is 17.4. The van der Waals surface area contributed by atoms with Crippen molar-refractivity contribution in [2.45, 2.75) is 77.4 Å². The lowest BCUT2D eigenvalue weighted by atomic mass is 9.74. The first-order valence-corrected chi connectivity index (χ1v) is 10.0. The van der Waals surface area contributed by atoms with E-state index in [9.17, 15) is 4.79 Å². The molecule has 0 bridgehead atoms. The molecule has 1 amide bonds. The van der Waals surface area contributed by atoms with Gasteiger partial charge in [0.25, 0.3) is 0 Å². The predicted octanol–water partition coefficient (Wildman–Crippen LogP) is 3.52. The molecular weight excluding hydrogens is 314 g/mol. The average Bonchev–Trinajstić information content (AvgIpc) is 2.99. The second-order valence-electron chi connectivity index (χ2n) is 8.37. The van der Waals surface area contributed by atoms with Crippen LogP contribution >= 0.6 is 0 Å². The van der Waals surface area contributed by atoms with Crippen LogP contribution in [0.25, 0.3) is 0 Å². The van der Waals surface area contributed by atoms with Gasteiger partial charge in [-0.3, -0.25) is 9.48 Å². The topological polar surface area (TPSA) is 47.4 Å². The minimum absolute atomic E-state index is 0.136. The van der Waals surface area contributed by atoms with Crippen LogP contribution in [0, 0.1) is 5.41 Å². The summed E-state index contributed by atoms with van der Waals surface area (Å²) in [6.45, 7) is 4.49. The predicted molar refractivity (Wildman–Crippen MR) is 96.1 cm³/mol. The zero-order valence-corrected chi connectivity index (χ0v) is 15.7. The number of ether oxygens (including phenoxy) is 1. The van der Waals surface area contributed by atoms with E-state index >= 15 is 0 Å². The molecule has 1 atom stereocenters. The quantitative estimate of drug-likeness (QED) is 0.824. The number of hydrogen-bond donors (Lipinski definition) is 0. The first kappa shape index (κ1) is 17.1. The van der Waals surface area contributed by atoms with Crippen molar-refractivity contribution >= 4 is 5.91 Å². The number of carbonyl (C=O) groups excluding carboxylic acids is 1. The third-order valence-corrected chi connectivity index (χ3v) is 6.59. The van der Waals surface area contributed by atoms with Gasteiger partial charge in [0.15, 0.2) is 0 Å². The minimum atomic E-state index is -0.167. The highest BCUT2D eigenvalue weighted by molar-refractivity contribution is 5.83. The van der Waals surface area contributed by atoms with E-state index in [0.717, 1.165) is 50.9 Å². The molecule has 0 N–H and O–H groups in total. The van der Waals surface area contributed by atoms with Crippen LogP contribution in [0.3, 0.4) is 0 Å². The number of likely N-dealkylation sites (tertiary alicyclic amines) is 1. The van der Waals surface area contributed by atoms with Gasteiger partial charge in [0, 0.05) is 36.7 Å². The summed E-state index contributed by atoms with van der Waals surface area (Å²) in [5, 5.41) is 4.86. The van der Waals surface area contributed by atoms with Gasteiger partial charge in [0.2, 0.25) is 5.91 Å². The maximum atomic E-state index is 13.5. The number of amides is 1. The van der Waals surface area contributed by atoms with Crippen molar-refractivity contribution in [3.8, 4) is 0 Å². The van der Waals surface area contributed by atoms with Gasteiger partial charge in [0.1, 0.15) is 0 Å². The zero-order valence-electron chi connectivity index (χ0n) is 15.7. The first-order chi connectivity index (χ1) is 12.1. The highest BCUT2D eigenvalue weighted by Crippen LogP contribution is 2.42.